The Hall–Kier alpha value is -3.26. The summed E-state index contributed by atoms with van der Waals surface area (Å²) in [5, 5.41) is 17.5. The molecule has 0 saturated heterocycles. The number of nitrogens with zero attached hydrogens (tertiary/aromatic N) is 1. The van der Waals surface area contributed by atoms with Gasteiger partial charge in [0, 0.05) is 31.7 Å². The molecule has 1 amide bonds. The van der Waals surface area contributed by atoms with Crippen LogP contribution in [0.5, 0.6) is 0 Å². The number of carbonyl (C=O) groups excluding carboxylic acids is 1. The third-order valence-electron chi connectivity index (χ3n) is 4.16. The molecule has 0 spiro atoms. The third kappa shape index (κ3) is 6.81. The SMILES string of the molecule is O=C(CCN1CCc2ccccc2C1)Nc1cccc(F)c1.O=C(O)C(=O)O. The Morgan fingerprint density at radius 2 is 1.68 bits per heavy atom. The van der Waals surface area contributed by atoms with Gasteiger partial charge in [0.25, 0.3) is 0 Å². The van der Waals surface area contributed by atoms with Gasteiger partial charge >= 0.3 is 11.9 Å². The van der Waals surface area contributed by atoms with Crippen LogP contribution < -0.4 is 5.32 Å². The third-order valence-corrected chi connectivity index (χ3v) is 4.16. The standard InChI is InChI=1S/C18H19FN2O.C2H2O4/c19-16-6-3-7-17(12-16)20-18(22)9-11-21-10-8-14-4-1-2-5-15(14)13-21;3-1(4)2(5)6/h1-7,12H,8-11,13H2,(H,20,22);(H,3,4)(H,5,6). The van der Waals surface area contributed by atoms with E-state index < -0.39 is 11.9 Å². The number of carboxylic acid groups (broad SMARTS) is 2. The summed E-state index contributed by atoms with van der Waals surface area (Å²) in [6.45, 7) is 2.59. The normalized spacial score (nSPS) is 12.9. The lowest BCUT2D eigenvalue weighted by atomic mass is 10.00. The first-order valence-corrected chi connectivity index (χ1v) is 8.66. The van der Waals surface area contributed by atoms with Crippen molar-refractivity contribution in [3.63, 3.8) is 0 Å². The molecule has 3 N–H and O–H groups in total. The number of halogens is 1. The molecule has 0 saturated carbocycles. The maximum atomic E-state index is 13.1. The molecular formula is C20H21FN2O5. The average Bonchev–Trinajstić information content (AvgIpc) is 2.66. The van der Waals surface area contributed by atoms with Crippen LogP contribution in [0.2, 0.25) is 0 Å². The molecule has 8 heteroatoms. The molecule has 28 heavy (non-hydrogen) atoms. The summed E-state index contributed by atoms with van der Waals surface area (Å²) in [7, 11) is 0. The van der Waals surface area contributed by atoms with Crippen LogP contribution in [0.1, 0.15) is 17.5 Å². The number of fused-ring (bicyclic) bond motifs is 1. The number of hydrogen-bond donors (Lipinski definition) is 3. The number of benzene rings is 2. The lowest BCUT2D eigenvalue weighted by molar-refractivity contribution is -0.159. The number of amides is 1. The molecule has 0 aliphatic carbocycles. The molecule has 0 radical (unpaired) electrons. The van der Waals surface area contributed by atoms with Gasteiger partial charge in [-0.25, -0.2) is 14.0 Å². The van der Waals surface area contributed by atoms with Crippen molar-refractivity contribution >= 4 is 23.5 Å². The van der Waals surface area contributed by atoms with Crippen molar-refractivity contribution < 1.29 is 29.0 Å². The number of hydrogen-bond acceptors (Lipinski definition) is 4. The van der Waals surface area contributed by atoms with Crippen LogP contribution in [0.15, 0.2) is 48.5 Å². The Kier molecular flexibility index (Phi) is 7.65. The number of carbonyl (C=O) groups is 3. The maximum absolute atomic E-state index is 13.1. The van der Waals surface area contributed by atoms with E-state index in [0.29, 0.717) is 12.1 Å². The summed E-state index contributed by atoms with van der Waals surface area (Å²) >= 11 is 0. The molecule has 148 valence electrons. The molecule has 1 aliphatic rings. The molecule has 2 aromatic carbocycles. The van der Waals surface area contributed by atoms with Crippen LogP contribution in [-0.4, -0.2) is 46.0 Å². The summed E-state index contributed by atoms with van der Waals surface area (Å²) in [4.78, 5) is 32.4. The van der Waals surface area contributed by atoms with Gasteiger partial charge in [-0.15, -0.1) is 0 Å². The molecule has 0 unspecified atom stereocenters. The molecule has 0 aromatic heterocycles. The van der Waals surface area contributed by atoms with Gasteiger partial charge in [-0.2, -0.15) is 0 Å². The smallest absolute Gasteiger partial charge is 0.414 e. The lowest BCUT2D eigenvalue weighted by Crippen LogP contribution is -2.33. The van der Waals surface area contributed by atoms with E-state index in [1.807, 2.05) is 0 Å². The van der Waals surface area contributed by atoms with Crippen molar-refractivity contribution in [3.05, 3.63) is 65.5 Å². The fourth-order valence-corrected chi connectivity index (χ4v) is 2.79. The molecule has 1 aliphatic heterocycles. The van der Waals surface area contributed by atoms with Crippen LogP contribution >= 0.6 is 0 Å². The largest absolute Gasteiger partial charge is 0.473 e. The van der Waals surface area contributed by atoms with E-state index in [4.69, 9.17) is 19.8 Å². The zero-order valence-corrected chi connectivity index (χ0v) is 15.1. The summed E-state index contributed by atoms with van der Waals surface area (Å²) in [6, 6.07) is 14.4. The van der Waals surface area contributed by atoms with Crippen LogP contribution in [-0.2, 0) is 27.3 Å². The summed E-state index contributed by atoms with van der Waals surface area (Å²) in [6.07, 6.45) is 1.44. The highest BCUT2D eigenvalue weighted by molar-refractivity contribution is 6.27. The highest BCUT2D eigenvalue weighted by Crippen LogP contribution is 2.18. The second-order valence-corrected chi connectivity index (χ2v) is 6.21. The minimum atomic E-state index is -1.82. The van der Waals surface area contributed by atoms with Crippen molar-refractivity contribution in [2.45, 2.75) is 19.4 Å². The molecule has 2 aromatic rings. The van der Waals surface area contributed by atoms with E-state index in [-0.39, 0.29) is 11.7 Å². The number of nitrogens with one attached hydrogen (secondary N) is 1. The highest BCUT2D eigenvalue weighted by Gasteiger charge is 2.16. The van der Waals surface area contributed by atoms with Crippen LogP contribution in [0.3, 0.4) is 0 Å². The molecule has 0 atom stereocenters. The zero-order chi connectivity index (χ0) is 20.5. The Morgan fingerprint density at radius 3 is 2.32 bits per heavy atom. The fraction of sp³-hybridized carbons (Fsp3) is 0.250. The van der Waals surface area contributed by atoms with E-state index in [0.717, 1.165) is 26.1 Å². The van der Waals surface area contributed by atoms with Gasteiger partial charge in [0.15, 0.2) is 0 Å². The number of rotatable bonds is 4. The first-order valence-electron chi connectivity index (χ1n) is 8.66. The predicted molar refractivity (Wildman–Crippen MR) is 100 cm³/mol. The van der Waals surface area contributed by atoms with E-state index in [2.05, 4.69) is 34.5 Å². The fourth-order valence-electron chi connectivity index (χ4n) is 2.79. The van der Waals surface area contributed by atoms with E-state index >= 15 is 0 Å². The second-order valence-electron chi connectivity index (χ2n) is 6.21. The van der Waals surface area contributed by atoms with Crippen molar-refractivity contribution in [1.29, 1.82) is 0 Å². The lowest BCUT2D eigenvalue weighted by Gasteiger charge is -2.28. The quantitative estimate of drug-likeness (QED) is 0.694. The van der Waals surface area contributed by atoms with Gasteiger partial charge in [0.05, 0.1) is 0 Å². The van der Waals surface area contributed by atoms with Crippen molar-refractivity contribution in [3.8, 4) is 0 Å². The summed E-state index contributed by atoms with van der Waals surface area (Å²) in [5.74, 6) is -4.07. The molecule has 0 fully saturated rings. The Labute approximate surface area is 161 Å². The van der Waals surface area contributed by atoms with Crippen LogP contribution in [0, 0.1) is 5.82 Å². The zero-order valence-electron chi connectivity index (χ0n) is 15.1. The van der Waals surface area contributed by atoms with Crippen molar-refractivity contribution in [2.75, 3.05) is 18.4 Å². The van der Waals surface area contributed by atoms with Gasteiger partial charge in [-0.05, 0) is 35.7 Å². The van der Waals surface area contributed by atoms with Crippen LogP contribution in [0.25, 0.3) is 0 Å². The number of carboxylic acids is 2. The van der Waals surface area contributed by atoms with Gasteiger partial charge in [0.1, 0.15) is 5.82 Å². The molecule has 3 rings (SSSR count). The summed E-state index contributed by atoms with van der Waals surface area (Å²) < 4.78 is 13.1. The Bertz CT molecular complexity index is 844. The molecular weight excluding hydrogens is 367 g/mol. The van der Waals surface area contributed by atoms with Gasteiger partial charge in [-0.1, -0.05) is 30.3 Å². The minimum absolute atomic E-state index is 0.0792. The average molecular weight is 388 g/mol. The second kappa shape index (κ2) is 10.2. The Balaban J connectivity index is 0.000000409. The van der Waals surface area contributed by atoms with Gasteiger partial charge < -0.3 is 15.5 Å². The molecule has 7 nitrogen and oxygen atoms in total. The van der Waals surface area contributed by atoms with Crippen molar-refractivity contribution in [2.24, 2.45) is 0 Å². The van der Waals surface area contributed by atoms with E-state index in [1.54, 1.807) is 12.1 Å². The molecule has 1 heterocycles. The highest BCUT2D eigenvalue weighted by atomic mass is 19.1. The van der Waals surface area contributed by atoms with Gasteiger partial charge in [0.2, 0.25) is 5.91 Å². The van der Waals surface area contributed by atoms with Crippen LogP contribution in [0.4, 0.5) is 10.1 Å². The maximum Gasteiger partial charge on any atom is 0.414 e. The molecule has 0 bridgehead atoms. The first kappa shape index (κ1) is 21.0. The van der Waals surface area contributed by atoms with Gasteiger partial charge in [-0.3, -0.25) is 9.69 Å². The Morgan fingerprint density at radius 1 is 1.00 bits per heavy atom. The topological polar surface area (TPSA) is 107 Å². The first-order chi connectivity index (χ1) is 13.3. The monoisotopic (exact) mass is 388 g/mol. The van der Waals surface area contributed by atoms with E-state index in [1.165, 1.54) is 23.3 Å². The van der Waals surface area contributed by atoms with Crippen molar-refractivity contribution in [1.82, 2.24) is 4.90 Å². The summed E-state index contributed by atoms with van der Waals surface area (Å²) in [5.41, 5.74) is 3.26. The number of aliphatic carboxylic acids is 2. The number of anilines is 1. The van der Waals surface area contributed by atoms with E-state index in [9.17, 15) is 9.18 Å². The predicted octanol–water partition coefficient (Wildman–Crippen LogP) is 2.37. The minimum Gasteiger partial charge on any atom is -0.473 e.